The van der Waals surface area contributed by atoms with Gasteiger partial charge < -0.3 is 10.5 Å². The molecule has 9 heteroatoms. The Labute approximate surface area is 134 Å². The molecule has 1 amide bonds. The number of fused-ring (bicyclic) bond motifs is 1. The first kappa shape index (κ1) is 17.6. The molecule has 1 aliphatic rings. The maximum Gasteiger partial charge on any atom is 0.255 e. The molecular formula is C12H17Cl2N5O2. The number of carbonyl (C=O) groups is 1. The number of pyridine rings is 1. The number of nitrogens with zero attached hydrogens (tertiary/aromatic N) is 3. The summed E-state index contributed by atoms with van der Waals surface area (Å²) in [6, 6.07) is 5.53. The van der Waals surface area contributed by atoms with Gasteiger partial charge in [-0.05, 0) is 25.0 Å². The van der Waals surface area contributed by atoms with Crippen molar-refractivity contribution in [3.05, 3.63) is 24.4 Å². The van der Waals surface area contributed by atoms with Gasteiger partial charge in [0, 0.05) is 12.7 Å². The second-order valence-corrected chi connectivity index (χ2v) is 4.50. The summed E-state index contributed by atoms with van der Waals surface area (Å²) in [5, 5.41) is 10.6. The Bertz CT molecular complexity index is 606. The van der Waals surface area contributed by atoms with Crippen molar-refractivity contribution >= 4 is 42.3 Å². The Kier molecular flexibility index (Phi) is 6.35. The quantitative estimate of drug-likeness (QED) is 0.874. The van der Waals surface area contributed by atoms with E-state index in [1.54, 1.807) is 10.6 Å². The highest BCUT2D eigenvalue weighted by Crippen LogP contribution is 2.20. The van der Waals surface area contributed by atoms with E-state index in [0.717, 1.165) is 6.42 Å². The normalized spacial score (nSPS) is 20.6. The maximum atomic E-state index is 12.1. The Balaban J connectivity index is 0.00000110. The number of halogens is 2. The predicted octanol–water partition coefficient (Wildman–Crippen LogP) is 1.02. The smallest absolute Gasteiger partial charge is 0.255 e. The molecule has 0 saturated carbocycles. The number of anilines is 1. The third-order valence-corrected chi connectivity index (χ3v) is 3.21. The SMILES string of the molecule is Cl.Cl.NC[C@H]1CC[C@@H](C(=O)Nc2nnc3ccccn23)O1. The first-order chi connectivity index (χ1) is 9.28. The van der Waals surface area contributed by atoms with E-state index >= 15 is 0 Å². The molecule has 7 nitrogen and oxygen atoms in total. The molecule has 0 bridgehead atoms. The molecule has 1 fully saturated rings. The molecule has 116 valence electrons. The number of nitrogens with two attached hydrogens (primary N) is 1. The lowest BCUT2D eigenvalue weighted by Crippen LogP contribution is -2.30. The minimum Gasteiger partial charge on any atom is -0.364 e. The Morgan fingerprint density at radius 1 is 1.38 bits per heavy atom. The van der Waals surface area contributed by atoms with E-state index in [2.05, 4.69) is 15.5 Å². The number of nitrogens with one attached hydrogen (secondary N) is 1. The van der Waals surface area contributed by atoms with Crippen LogP contribution in [-0.4, -0.2) is 39.3 Å². The molecule has 0 radical (unpaired) electrons. The number of amides is 1. The largest absolute Gasteiger partial charge is 0.364 e. The second kappa shape index (κ2) is 7.56. The zero-order valence-corrected chi connectivity index (χ0v) is 12.8. The van der Waals surface area contributed by atoms with E-state index in [9.17, 15) is 4.79 Å². The summed E-state index contributed by atoms with van der Waals surface area (Å²) in [5.41, 5.74) is 6.21. The van der Waals surface area contributed by atoms with Crippen LogP contribution in [0.1, 0.15) is 12.8 Å². The first-order valence-electron chi connectivity index (χ1n) is 6.24. The summed E-state index contributed by atoms with van der Waals surface area (Å²) < 4.78 is 7.25. The molecule has 2 aromatic heterocycles. The summed E-state index contributed by atoms with van der Waals surface area (Å²) >= 11 is 0. The van der Waals surface area contributed by atoms with Crippen LogP contribution >= 0.6 is 24.8 Å². The van der Waals surface area contributed by atoms with Crippen molar-refractivity contribution in [2.45, 2.75) is 25.0 Å². The van der Waals surface area contributed by atoms with Crippen LogP contribution in [0.5, 0.6) is 0 Å². The fourth-order valence-corrected chi connectivity index (χ4v) is 2.19. The Morgan fingerprint density at radius 3 is 2.90 bits per heavy atom. The van der Waals surface area contributed by atoms with E-state index in [1.165, 1.54) is 0 Å². The van der Waals surface area contributed by atoms with Crippen LogP contribution in [0.4, 0.5) is 5.95 Å². The monoisotopic (exact) mass is 333 g/mol. The predicted molar refractivity (Wildman–Crippen MR) is 83.1 cm³/mol. The average Bonchev–Trinajstić information content (AvgIpc) is 3.06. The molecule has 2 aromatic rings. The van der Waals surface area contributed by atoms with Gasteiger partial charge in [-0.25, -0.2) is 0 Å². The topological polar surface area (TPSA) is 94.5 Å². The van der Waals surface area contributed by atoms with Crippen LogP contribution in [0.15, 0.2) is 24.4 Å². The lowest BCUT2D eigenvalue weighted by Gasteiger charge is -2.11. The zero-order valence-electron chi connectivity index (χ0n) is 11.1. The van der Waals surface area contributed by atoms with E-state index in [1.807, 2.05) is 18.2 Å². The lowest BCUT2D eigenvalue weighted by molar-refractivity contribution is -0.126. The number of aromatic nitrogens is 3. The Hall–Kier alpha value is -1.41. The molecule has 3 N–H and O–H groups in total. The molecule has 3 heterocycles. The molecule has 0 aliphatic carbocycles. The molecule has 3 rings (SSSR count). The number of rotatable bonds is 3. The third-order valence-electron chi connectivity index (χ3n) is 3.21. The molecule has 2 atom stereocenters. The highest BCUT2D eigenvalue weighted by Gasteiger charge is 2.30. The van der Waals surface area contributed by atoms with Crippen molar-refractivity contribution < 1.29 is 9.53 Å². The van der Waals surface area contributed by atoms with Crippen LogP contribution in [0.25, 0.3) is 5.65 Å². The molecule has 0 spiro atoms. The Morgan fingerprint density at radius 2 is 2.19 bits per heavy atom. The zero-order chi connectivity index (χ0) is 13.2. The second-order valence-electron chi connectivity index (χ2n) is 4.50. The lowest BCUT2D eigenvalue weighted by atomic mass is 10.2. The van der Waals surface area contributed by atoms with Crippen molar-refractivity contribution in [3.63, 3.8) is 0 Å². The van der Waals surface area contributed by atoms with Gasteiger partial charge in [0.25, 0.3) is 5.91 Å². The highest BCUT2D eigenvalue weighted by atomic mass is 35.5. The molecular weight excluding hydrogens is 317 g/mol. The number of hydrogen-bond donors (Lipinski definition) is 2. The van der Waals surface area contributed by atoms with Crippen LogP contribution in [0, 0.1) is 0 Å². The van der Waals surface area contributed by atoms with Gasteiger partial charge in [-0.2, -0.15) is 0 Å². The van der Waals surface area contributed by atoms with Crippen LogP contribution in [0.3, 0.4) is 0 Å². The third kappa shape index (κ3) is 3.62. The number of hydrogen-bond acceptors (Lipinski definition) is 5. The van der Waals surface area contributed by atoms with Crippen LogP contribution in [-0.2, 0) is 9.53 Å². The molecule has 1 saturated heterocycles. The van der Waals surface area contributed by atoms with Gasteiger partial charge in [0.15, 0.2) is 5.65 Å². The minimum absolute atomic E-state index is 0. The number of ether oxygens (including phenoxy) is 1. The average molecular weight is 334 g/mol. The number of carbonyl (C=O) groups excluding carboxylic acids is 1. The summed E-state index contributed by atoms with van der Waals surface area (Å²) in [6.45, 7) is 0.442. The maximum absolute atomic E-state index is 12.1. The van der Waals surface area contributed by atoms with Gasteiger partial charge in [0.2, 0.25) is 5.95 Å². The van der Waals surface area contributed by atoms with Gasteiger partial charge in [0.1, 0.15) is 6.10 Å². The fourth-order valence-electron chi connectivity index (χ4n) is 2.19. The molecule has 21 heavy (non-hydrogen) atoms. The summed E-state index contributed by atoms with van der Waals surface area (Å²) in [4.78, 5) is 12.1. The van der Waals surface area contributed by atoms with Crippen molar-refractivity contribution in [1.29, 1.82) is 0 Å². The van der Waals surface area contributed by atoms with Crippen LogP contribution in [0.2, 0.25) is 0 Å². The van der Waals surface area contributed by atoms with Gasteiger partial charge >= 0.3 is 0 Å². The van der Waals surface area contributed by atoms with Gasteiger partial charge in [0.05, 0.1) is 6.10 Å². The summed E-state index contributed by atoms with van der Waals surface area (Å²) in [6.07, 6.45) is 2.82. The standard InChI is InChI=1S/C12H15N5O2.2ClH/c13-7-8-4-5-9(19-8)11(18)14-12-16-15-10-3-1-2-6-17(10)12;;/h1-3,6,8-9H,4-5,7,13H2,(H,14,16,18);2*1H/t8-,9+;;/m1../s1. The van der Waals surface area contributed by atoms with E-state index < -0.39 is 6.10 Å². The fraction of sp³-hybridized carbons (Fsp3) is 0.417. The van der Waals surface area contributed by atoms with Gasteiger partial charge in [-0.15, -0.1) is 35.0 Å². The van der Waals surface area contributed by atoms with Crippen molar-refractivity contribution in [2.75, 3.05) is 11.9 Å². The summed E-state index contributed by atoms with van der Waals surface area (Å²) in [7, 11) is 0. The molecule has 0 unspecified atom stereocenters. The first-order valence-corrected chi connectivity index (χ1v) is 6.24. The molecule has 0 aromatic carbocycles. The molecule has 1 aliphatic heterocycles. The minimum atomic E-state index is -0.454. The van der Waals surface area contributed by atoms with E-state index in [0.29, 0.717) is 24.6 Å². The van der Waals surface area contributed by atoms with Crippen molar-refractivity contribution in [3.8, 4) is 0 Å². The van der Waals surface area contributed by atoms with Gasteiger partial charge in [-0.1, -0.05) is 6.07 Å². The van der Waals surface area contributed by atoms with Gasteiger partial charge in [-0.3, -0.25) is 14.5 Å². The summed E-state index contributed by atoms with van der Waals surface area (Å²) in [5.74, 6) is 0.203. The highest BCUT2D eigenvalue weighted by molar-refractivity contribution is 5.93. The van der Waals surface area contributed by atoms with Crippen LogP contribution < -0.4 is 11.1 Å². The van der Waals surface area contributed by atoms with Crippen molar-refractivity contribution in [1.82, 2.24) is 14.6 Å². The van der Waals surface area contributed by atoms with Crippen molar-refractivity contribution in [2.24, 2.45) is 5.73 Å². The van der Waals surface area contributed by atoms with E-state index in [4.69, 9.17) is 10.5 Å². The van der Waals surface area contributed by atoms with E-state index in [-0.39, 0.29) is 36.8 Å².